The first-order chi connectivity index (χ1) is 11.4. The average Bonchev–Trinajstić information content (AvgIpc) is 2.54. The lowest BCUT2D eigenvalue weighted by Crippen LogP contribution is -2.43. The molecule has 0 aliphatic heterocycles. The van der Waals surface area contributed by atoms with Crippen LogP contribution < -0.4 is 0 Å². The molecule has 1 atom stereocenters. The van der Waals surface area contributed by atoms with Gasteiger partial charge in [0.05, 0.1) is 19.6 Å². The second kappa shape index (κ2) is 9.05. The lowest BCUT2D eigenvalue weighted by Gasteiger charge is -2.26. The highest BCUT2D eigenvalue weighted by Crippen LogP contribution is 2.30. The van der Waals surface area contributed by atoms with Gasteiger partial charge in [0, 0.05) is 6.42 Å². The molecule has 0 bridgehead atoms. The van der Waals surface area contributed by atoms with Gasteiger partial charge in [-0.25, -0.2) is 0 Å². The van der Waals surface area contributed by atoms with Crippen molar-refractivity contribution < 1.29 is 29.0 Å². The van der Waals surface area contributed by atoms with Gasteiger partial charge in [-0.2, -0.15) is 0 Å². The minimum atomic E-state index is -1.80. The standard InChI is InChI=1S/C18H24O6/c1-4-18(12-15(19)20,16(21)23-5-2)17(22)24-11-10-14-9-7-6-8-13(14)3/h6-9H,4-5,10-12H2,1-3H3,(H,19,20). The van der Waals surface area contributed by atoms with E-state index < -0.39 is 29.7 Å². The maximum atomic E-state index is 12.4. The molecule has 0 saturated carbocycles. The molecule has 1 N–H and O–H groups in total. The minimum absolute atomic E-state index is 0.00132. The zero-order chi connectivity index (χ0) is 18.2. The first-order valence-electron chi connectivity index (χ1n) is 7.98. The first-order valence-corrected chi connectivity index (χ1v) is 7.98. The van der Waals surface area contributed by atoms with Crippen LogP contribution in [-0.2, 0) is 30.3 Å². The molecule has 132 valence electrons. The van der Waals surface area contributed by atoms with Crippen molar-refractivity contribution in [1.29, 1.82) is 0 Å². The number of rotatable bonds is 9. The van der Waals surface area contributed by atoms with Gasteiger partial charge in [0.1, 0.15) is 0 Å². The molecule has 1 aromatic carbocycles. The average molecular weight is 336 g/mol. The quantitative estimate of drug-likeness (QED) is 0.550. The first kappa shape index (κ1) is 19.7. The number of carbonyl (C=O) groups is 3. The molecule has 0 amide bonds. The molecular weight excluding hydrogens is 312 g/mol. The number of ether oxygens (including phenoxy) is 2. The lowest BCUT2D eigenvalue weighted by atomic mass is 9.81. The highest BCUT2D eigenvalue weighted by Gasteiger charge is 2.49. The molecule has 1 rings (SSSR count). The van der Waals surface area contributed by atoms with Crippen molar-refractivity contribution in [2.45, 2.75) is 40.0 Å². The summed E-state index contributed by atoms with van der Waals surface area (Å²) in [5, 5.41) is 9.07. The molecule has 6 nitrogen and oxygen atoms in total. The van der Waals surface area contributed by atoms with E-state index >= 15 is 0 Å². The number of hydrogen-bond acceptors (Lipinski definition) is 5. The van der Waals surface area contributed by atoms with Crippen LogP contribution in [0, 0.1) is 12.3 Å². The van der Waals surface area contributed by atoms with E-state index in [4.69, 9.17) is 14.6 Å². The fourth-order valence-electron chi connectivity index (χ4n) is 2.45. The topological polar surface area (TPSA) is 89.9 Å². The van der Waals surface area contributed by atoms with E-state index in [1.54, 1.807) is 13.8 Å². The number of aryl methyl sites for hydroxylation is 1. The van der Waals surface area contributed by atoms with Crippen LogP contribution in [0.2, 0.25) is 0 Å². The van der Waals surface area contributed by atoms with Gasteiger partial charge < -0.3 is 14.6 Å². The summed E-state index contributed by atoms with van der Waals surface area (Å²) in [6, 6.07) is 7.69. The number of carboxylic acid groups (broad SMARTS) is 1. The number of aliphatic carboxylic acids is 1. The van der Waals surface area contributed by atoms with Gasteiger partial charge in [0.15, 0.2) is 5.41 Å². The zero-order valence-electron chi connectivity index (χ0n) is 14.3. The number of benzene rings is 1. The normalized spacial score (nSPS) is 13.0. The Kier molecular flexibility index (Phi) is 7.42. The fourth-order valence-corrected chi connectivity index (χ4v) is 2.45. The predicted octanol–water partition coefficient (Wildman–Crippen LogP) is 2.51. The molecule has 0 aromatic heterocycles. The summed E-state index contributed by atoms with van der Waals surface area (Å²) in [4.78, 5) is 35.7. The highest BCUT2D eigenvalue weighted by atomic mass is 16.6. The van der Waals surface area contributed by atoms with Crippen molar-refractivity contribution in [1.82, 2.24) is 0 Å². The Hall–Kier alpha value is -2.37. The Morgan fingerprint density at radius 1 is 1.08 bits per heavy atom. The molecule has 0 saturated heterocycles. The second-order valence-corrected chi connectivity index (χ2v) is 5.54. The predicted molar refractivity (Wildman–Crippen MR) is 87.5 cm³/mol. The van der Waals surface area contributed by atoms with Gasteiger partial charge in [0.2, 0.25) is 0 Å². The van der Waals surface area contributed by atoms with Crippen LogP contribution in [0.3, 0.4) is 0 Å². The Bertz CT molecular complexity index is 595. The van der Waals surface area contributed by atoms with Crippen LogP contribution in [0.25, 0.3) is 0 Å². The van der Waals surface area contributed by atoms with Gasteiger partial charge in [-0.3, -0.25) is 14.4 Å². The third-order valence-electron chi connectivity index (χ3n) is 3.98. The summed E-state index contributed by atoms with van der Waals surface area (Å²) < 4.78 is 10.1. The smallest absolute Gasteiger partial charge is 0.324 e. The molecule has 1 aromatic rings. The van der Waals surface area contributed by atoms with Gasteiger partial charge >= 0.3 is 17.9 Å². The molecule has 0 aliphatic rings. The molecule has 0 fully saturated rings. The van der Waals surface area contributed by atoms with Crippen LogP contribution in [0.1, 0.15) is 37.8 Å². The summed E-state index contributed by atoms with van der Waals surface area (Å²) >= 11 is 0. The summed E-state index contributed by atoms with van der Waals surface area (Å²) in [5.41, 5.74) is 0.307. The summed E-state index contributed by atoms with van der Waals surface area (Å²) in [7, 11) is 0. The van der Waals surface area contributed by atoms with E-state index in [0.717, 1.165) is 11.1 Å². The maximum Gasteiger partial charge on any atom is 0.324 e. The largest absolute Gasteiger partial charge is 0.481 e. The van der Waals surface area contributed by atoms with Crippen LogP contribution in [0.15, 0.2) is 24.3 Å². The summed E-state index contributed by atoms with van der Waals surface area (Å²) in [5.74, 6) is -2.95. The number of carboxylic acids is 1. The Morgan fingerprint density at radius 3 is 2.25 bits per heavy atom. The Labute approximate surface area is 141 Å². The maximum absolute atomic E-state index is 12.4. The van der Waals surface area contributed by atoms with Crippen molar-refractivity contribution in [3.63, 3.8) is 0 Å². The van der Waals surface area contributed by atoms with Gasteiger partial charge in [-0.1, -0.05) is 31.2 Å². The second-order valence-electron chi connectivity index (χ2n) is 5.54. The van der Waals surface area contributed by atoms with Crippen molar-refractivity contribution in [3.05, 3.63) is 35.4 Å². The van der Waals surface area contributed by atoms with Crippen LogP contribution in [0.5, 0.6) is 0 Å². The molecule has 0 spiro atoms. The van der Waals surface area contributed by atoms with E-state index in [1.807, 2.05) is 31.2 Å². The summed E-state index contributed by atoms with van der Waals surface area (Å²) in [6.07, 6.45) is -0.152. The van der Waals surface area contributed by atoms with E-state index in [2.05, 4.69) is 0 Å². The highest BCUT2D eigenvalue weighted by molar-refractivity contribution is 6.02. The van der Waals surface area contributed by atoms with Crippen molar-refractivity contribution >= 4 is 17.9 Å². The van der Waals surface area contributed by atoms with Crippen LogP contribution in [-0.4, -0.2) is 36.2 Å². The SMILES string of the molecule is CCOC(=O)C(CC)(CC(=O)O)C(=O)OCCc1ccccc1C. The fraction of sp³-hybridized carbons (Fsp3) is 0.500. The van der Waals surface area contributed by atoms with Crippen molar-refractivity contribution in [2.75, 3.05) is 13.2 Å². The van der Waals surface area contributed by atoms with Gasteiger partial charge in [-0.15, -0.1) is 0 Å². The Balaban J connectivity index is 2.82. The third-order valence-corrected chi connectivity index (χ3v) is 3.98. The molecule has 24 heavy (non-hydrogen) atoms. The monoisotopic (exact) mass is 336 g/mol. The van der Waals surface area contributed by atoms with Crippen LogP contribution in [0.4, 0.5) is 0 Å². The van der Waals surface area contributed by atoms with Gasteiger partial charge in [0.25, 0.3) is 0 Å². The molecule has 1 unspecified atom stereocenters. The zero-order valence-corrected chi connectivity index (χ0v) is 14.3. The summed E-state index contributed by atoms with van der Waals surface area (Å²) in [6.45, 7) is 5.27. The van der Waals surface area contributed by atoms with Gasteiger partial charge in [-0.05, 0) is 31.4 Å². The van der Waals surface area contributed by atoms with E-state index in [9.17, 15) is 14.4 Å². The van der Waals surface area contributed by atoms with E-state index in [0.29, 0.717) is 6.42 Å². The number of esters is 2. The van der Waals surface area contributed by atoms with E-state index in [1.165, 1.54) is 0 Å². The van der Waals surface area contributed by atoms with E-state index in [-0.39, 0.29) is 19.6 Å². The van der Waals surface area contributed by atoms with Crippen molar-refractivity contribution in [3.8, 4) is 0 Å². The molecule has 0 aliphatic carbocycles. The minimum Gasteiger partial charge on any atom is -0.481 e. The third kappa shape index (κ3) is 4.81. The number of hydrogen-bond donors (Lipinski definition) is 1. The number of carbonyl (C=O) groups excluding carboxylic acids is 2. The molecule has 0 heterocycles. The Morgan fingerprint density at radius 2 is 1.71 bits per heavy atom. The molecular formula is C18H24O6. The molecule has 6 heteroatoms. The van der Waals surface area contributed by atoms with Crippen molar-refractivity contribution in [2.24, 2.45) is 5.41 Å². The lowest BCUT2D eigenvalue weighted by molar-refractivity contribution is -0.176. The van der Waals surface area contributed by atoms with Crippen LogP contribution >= 0.6 is 0 Å². The molecule has 0 radical (unpaired) electrons.